The molecule has 26 heavy (non-hydrogen) atoms. The third kappa shape index (κ3) is 3.13. The number of amides is 1. The summed E-state index contributed by atoms with van der Waals surface area (Å²) >= 11 is 0. The monoisotopic (exact) mass is 352 g/mol. The van der Waals surface area contributed by atoms with Crippen LogP contribution in [0.5, 0.6) is 0 Å². The molecule has 0 spiro atoms. The summed E-state index contributed by atoms with van der Waals surface area (Å²) in [6.45, 7) is 0.913. The van der Waals surface area contributed by atoms with Crippen LogP contribution in [0.3, 0.4) is 0 Å². The zero-order valence-electron chi connectivity index (χ0n) is 14.3. The van der Waals surface area contributed by atoms with E-state index >= 15 is 0 Å². The average molecular weight is 352 g/mol. The molecule has 1 aliphatic heterocycles. The number of hydrogen-bond donors (Lipinski definition) is 1. The van der Waals surface area contributed by atoms with E-state index in [1.165, 1.54) is 6.26 Å². The molecule has 7 nitrogen and oxygen atoms in total. The standard InChI is InChI=1S/C19H20N4O3/c20-11-15-10-14(12-25-15)19(24)23-9-5-4-8-16(23)18-21-17(22-26-18)13-6-2-1-3-7-13/h1-3,6-7,10,12,16H,4-5,8-9,11,20H2. The molecule has 0 bridgehead atoms. The second kappa shape index (κ2) is 7.13. The molecule has 1 aromatic carbocycles. The molecule has 2 N–H and O–H groups in total. The van der Waals surface area contributed by atoms with Gasteiger partial charge in [-0.1, -0.05) is 35.5 Å². The van der Waals surface area contributed by atoms with Gasteiger partial charge in [-0.2, -0.15) is 4.98 Å². The van der Waals surface area contributed by atoms with Crippen molar-refractivity contribution in [2.45, 2.75) is 31.8 Å². The number of likely N-dealkylation sites (tertiary alicyclic amines) is 1. The molecule has 4 rings (SSSR count). The fraction of sp³-hybridized carbons (Fsp3) is 0.316. The second-order valence-electron chi connectivity index (χ2n) is 6.34. The minimum absolute atomic E-state index is 0.0994. The van der Waals surface area contributed by atoms with Gasteiger partial charge in [0.15, 0.2) is 0 Å². The summed E-state index contributed by atoms with van der Waals surface area (Å²) in [6.07, 6.45) is 4.21. The van der Waals surface area contributed by atoms with E-state index in [2.05, 4.69) is 10.1 Å². The number of furan rings is 1. The topological polar surface area (TPSA) is 98.4 Å². The number of carbonyl (C=O) groups is 1. The number of benzene rings is 1. The summed E-state index contributed by atoms with van der Waals surface area (Å²) < 4.78 is 10.8. The SMILES string of the molecule is NCc1cc(C(=O)N2CCCCC2c2nc(-c3ccccc3)no2)co1. The lowest BCUT2D eigenvalue weighted by Gasteiger charge is -2.33. The number of aromatic nitrogens is 2. The number of carbonyl (C=O) groups excluding carboxylic acids is 1. The van der Waals surface area contributed by atoms with Crippen LogP contribution in [-0.4, -0.2) is 27.5 Å². The highest BCUT2D eigenvalue weighted by atomic mass is 16.5. The summed E-state index contributed by atoms with van der Waals surface area (Å²) in [7, 11) is 0. The van der Waals surface area contributed by atoms with E-state index in [1.807, 2.05) is 30.3 Å². The highest BCUT2D eigenvalue weighted by Crippen LogP contribution is 2.32. The van der Waals surface area contributed by atoms with Gasteiger partial charge in [-0.25, -0.2) is 0 Å². The predicted molar refractivity (Wildman–Crippen MR) is 94.0 cm³/mol. The fourth-order valence-electron chi connectivity index (χ4n) is 3.27. The number of nitrogens with two attached hydrogens (primary N) is 1. The van der Waals surface area contributed by atoms with E-state index in [0.29, 0.717) is 29.6 Å². The molecule has 1 fully saturated rings. The van der Waals surface area contributed by atoms with Crippen molar-refractivity contribution < 1.29 is 13.7 Å². The lowest BCUT2D eigenvalue weighted by atomic mass is 10.0. The molecule has 7 heteroatoms. The zero-order valence-corrected chi connectivity index (χ0v) is 14.3. The van der Waals surface area contributed by atoms with Crippen molar-refractivity contribution in [3.63, 3.8) is 0 Å². The minimum atomic E-state index is -0.225. The molecule has 0 aliphatic carbocycles. The van der Waals surface area contributed by atoms with Crippen molar-refractivity contribution >= 4 is 5.91 Å². The quantitative estimate of drug-likeness (QED) is 0.774. The van der Waals surface area contributed by atoms with Crippen LogP contribution in [0.25, 0.3) is 11.4 Å². The Morgan fingerprint density at radius 1 is 1.27 bits per heavy atom. The van der Waals surface area contributed by atoms with Crippen LogP contribution < -0.4 is 5.73 Å². The van der Waals surface area contributed by atoms with Gasteiger partial charge in [-0.15, -0.1) is 0 Å². The largest absolute Gasteiger partial charge is 0.467 e. The van der Waals surface area contributed by atoms with Gasteiger partial charge in [-0.3, -0.25) is 4.79 Å². The predicted octanol–water partition coefficient (Wildman–Crippen LogP) is 3.16. The molecule has 1 amide bonds. The van der Waals surface area contributed by atoms with Crippen LogP contribution in [0.15, 0.2) is 51.6 Å². The molecule has 134 valence electrons. The Bertz CT molecular complexity index is 887. The summed E-state index contributed by atoms with van der Waals surface area (Å²) in [5, 5.41) is 4.09. The molecule has 3 heterocycles. The number of nitrogens with zero attached hydrogens (tertiary/aromatic N) is 3. The van der Waals surface area contributed by atoms with E-state index in [9.17, 15) is 4.79 Å². The van der Waals surface area contributed by atoms with E-state index < -0.39 is 0 Å². The van der Waals surface area contributed by atoms with Gasteiger partial charge in [0.05, 0.1) is 12.1 Å². The maximum Gasteiger partial charge on any atom is 0.257 e. The fourth-order valence-corrected chi connectivity index (χ4v) is 3.27. The molecule has 0 radical (unpaired) electrons. The summed E-state index contributed by atoms with van der Waals surface area (Å²) in [6, 6.07) is 11.1. The number of rotatable bonds is 4. The molecule has 1 saturated heterocycles. The maximum absolute atomic E-state index is 12.9. The van der Waals surface area contributed by atoms with Crippen molar-refractivity contribution in [2.75, 3.05) is 6.54 Å². The van der Waals surface area contributed by atoms with Gasteiger partial charge in [0.25, 0.3) is 5.91 Å². The first-order valence-corrected chi connectivity index (χ1v) is 8.73. The zero-order chi connectivity index (χ0) is 17.9. The van der Waals surface area contributed by atoms with Crippen LogP contribution in [-0.2, 0) is 6.54 Å². The Balaban J connectivity index is 1.60. The number of hydrogen-bond acceptors (Lipinski definition) is 6. The Labute approximate surface area is 150 Å². The van der Waals surface area contributed by atoms with Crippen LogP contribution in [0.4, 0.5) is 0 Å². The molecular formula is C19H20N4O3. The third-order valence-electron chi connectivity index (χ3n) is 4.62. The lowest BCUT2D eigenvalue weighted by molar-refractivity contribution is 0.0560. The van der Waals surface area contributed by atoms with Gasteiger partial charge in [-0.05, 0) is 25.3 Å². The van der Waals surface area contributed by atoms with E-state index in [0.717, 1.165) is 24.8 Å². The molecular weight excluding hydrogens is 332 g/mol. The number of piperidine rings is 1. The van der Waals surface area contributed by atoms with Gasteiger partial charge in [0.2, 0.25) is 11.7 Å². The molecule has 1 atom stereocenters. The first-order chi connectivity index (χ1) is 12.8. The van der Waals surface area contributed by atoms with Crippen molar-refractivity contribution in [3.8, 4) is 11.4 Å². The molecule has 0 saturated carbocycles. The Morgan fingerprint density at radius 3 is 2.88 bits per heavy atom. The summed E-state index contributed by atoms with van der Waals surface area (Å²) in [5.74, 6) is 1.50. The van der Waals surface area contributed by atoms with Crippen molar-refractivity contribution in [3.05, 3.63) is 59.9 Å². The first kappa shape index (κ1) is 16.5. The van der Waals surface area contributed by atoms with Crippen molar-refractivity contribution in [1.82, 2.24) is 15.0 Å². The third-order valence-corrected chi connectivity index (χ3v) is 4.62. The Morgan fingerprint density at radius 2 is 2.12 bits per heavy atom. The molecule has 3 aromatic rings. The average Bonchev–Trinajstić information content (AvgIpc) is 3.38. The first-order valence-electron chi connectivity index (χ1n) is 8.73. The minimum Gasteiger partial charge on any atom is -0.467 e. The summed E-state index contributed by atoms with van der Waals surface area (Å²) in [4.78, 5) is 19.3. The normalized spacial score (nSPS) is 17.4. The van der Waals surface area contributed by atoms with Crippen LogP contribution >= 0.6 is 0 Å². The highest BCUT2D eigenvalue weighted by Gasteiger charge is 2.33. The van der Waals surface area contributed by atoms with E-state index in [1.54, 1.807) is 11.0 Å². The van der Waals surface area contributed by atoms with Crippen molar-refractivity contribution in [1.29, 1.82) is 0 Å². The Hall–Kier alpha value is -2.93. The Kier molecular flexibility index (Phi) is 4.53. The van der Waals surface area contributed by atoms with Crippen LogP contribution in [0.1, 0.15) is 47.3 Å². The molecule has 1 unspecified atom stereocenters. The lowest BCUT2D eigenvalue weighted by Crippen LogP contribution is -2.38. The van der Waals surface area contributed by atoms with Gasteiger partial charge >= 0.3 is 0 Å². The van der Waals surface area contributed by atoms with Gasteiger partial charge in [0.1, 0.15) is 18.1 Å². The highest BCUT2D eigenvalue weighted by molar-refractivity contribution is 5.94. The maximum atomic E-state index is 12.9. The van der Waals surface area contributed by atoms with Gasteiger partial charge < -0.3 is 19.6 Å². The van der Waals surface area contributed by atoms with Crippen LogP contribution in [0, 0.1) is 0 Å². The van der Waals surface area contributed by atoms with Gasteiger partial charge in [0, 0.05) is 12.1 Å². The molecule has 1 aliphatic rings. The van der Waals surface area contributed by atoms with Crippen molar-refractivity contribution in [2.24, 2.45) is 5.73 Å². The smallest absolute Gasteiger partial charge is 0.257 e. The van der Waals surface area contributed by atoms with Crippen LogP contribution in [0.2, 0.25) is 0 Å². The summed E-state index contributed by atoms with van der Waals surface area (Å²) in [5.41, 5.74) is 6.95. The molecule has 2 aromatic heterocycles. The second-order valence-corrected chi connectivity index (χ2v) is 6.34. The van der Waals surface area contributed by atoms with E-state index in [4.69, 9.17) is 14.7 Å². The van der Waals surface area contributed by atoms with E-state index in [-0.39, 0.29) is 18.5 Å².